The third-order valence-electron chi connectivity index (χ3n) is 11.5. The van der Waals surface area contributed by atoms with Gasteiger partial charge in [-0.15, -0.1) is 0 Å². The standard InChI is InChI=1S/C31H37NO6/c1-16(2)20-15-31-13-10-21-29(3,11-5-12-30(21,4)28(37)38)22(31)14-19(20)23-24(31)26(34)32(25(23)33)18-8-6-17(7-9-18)27(35)36/h6-9,15-16,19,21-24H,5,10-14H2,1-4H3,(H,35,36)(H,37,38)/t19-,21+,22-,23+,24+,29-,30+,31+/m0/s1. The van der Waals surface area contributed by atoms with Gasteiger partial charge in [-0.05, 0) is 92.4 Å². The quantitative estimate of drug-likeness (QED) is 0.407. The van der Waals surface area contributed by atoms with Crippen LogP contribution in [0.1, 0.15) is 76.6 Å². The maximum atomic E-state index is 14.3. The Morgan fingerprint density at radius 3 is 2.26 bits per heavy atom. The molecule has 7 heteroatoms. The number of aliphatic carboxylic acids is 1. The van der Waals surface area contributed by atoms with Gasteiger partial charge in [-0.3, -0.25) is 19.3 Å². The summed E-state index contributed by atoms with van der Waals surface area (Å²) in [6.45, 7) is 8.51. The largest absolute Gasteiger partial charge is 0.481 e. The first-order chi connectivity index (χ1) is 17.9. The van der Waals surface area contributed by atoms with Gasteiger partial charge < -0.3 is 10.2 Å². The summed E-state index contributed by atoms with van der Waals surface area (Å²) in [5.41, 5.74) is 0.343. The highest BCUT2D eigenvalue weighted by molar-refractivity contribution is 6.23. The van der Waals surface area contributed by atoms with E-state index in [4.69, 9.17) is 0 Å². The summed E-state index contributed by atoms with van der Waals surface area (Å²) in [6.07, 6.45) is 7.13. The Labute approximate surface area is 223 Å². The van der Waals surface area contributed by atoms with E-state index in [1.165, 1.54) is 22.6 Å². The van der Waals surface area contributed by atoms with E-state index in [9.17, 15) is 29.4 Å². The van der Waals surface area contributed by atoms with Crippen LogP contribution in [0.25, 0.3) is 0 Å². The number of rotatable bonds is 4. The van der Waals surface area contributed by atoms with E-state index >= 15 is 0 Å². The smallest absolute Gasteiger partial charge is 0.335 e. The molecule has 6 aliphatic rings. The minimum absolute atomic E-state index is 0.0393. The Morgan fingerprint density at radius 2 is 1.66 bits per heavy atom. The molecule has 1 heterocycles. The second kappa shape index (κ2) is 8.03. The van der Waals surface area contributed by atoms with Gasteiger partial charge in [-0.2, -0.15) is 0 Å². The van der Waals surface area contributed by atoms with Gasteiger partial charge >= 0.3 is 11.9 Å². The van der Waals surface area contributed by atoms with Gasteiger partial charge in [0.2, 0.25) is 11.8 Å². The van der Waals surface area contributed by atoms with Crippen molar-refractivity contribution in [2.75, 3.05) is 4.90 Å². The zero-order chi connectivity index (χ0) is 27.4. The fraction of sp³-hybridized carbons (Fsp3) is 0.613. The van der Waals surface area contributed by atoms with Gasteiger partial charge in [0.05, 0.1) is 28.5 Å². The lowest BCUT2D eigenvalue weighted by Crippen LogP contribution is -2.65. The van der Waals surface area contributed by atoms with Gasteiger partial charge in [0.25, 0.3) is 0 Å². The number of hydrogen-bond acceptors (Lipinski definition) is 4. The zero-order valence-corrected chi connectivity index (χ0v) is 22.6. The number of benzene rings is 1. The van der Waals surface area contributed by atoms with Crippen molar-refractivity contribution in [1.82, 2.24) is 0 Å². The van der Waals surface area contributed by atoms with E-state index in [0.29, 0.717) is 12.1 Å². The second-order valence-electron chi connectivity index (χ2n) is 13.3. The summed E-state index contributed by atoms with van der Waals surface area (Å²) in [6, 6.07) is 5.99. The van der Waals surface area contributed by atoms with E-state index < -0.39 is 34.6 Å². The van der Waals surface area contributed by atoms with Crippen molar-refractivity contribution in [2.24, 2.45) is 51.8 Å². The summed E-state index contributed by atoms with van der Waals surface area (Å²) in [7, 11) is 0. The van der Waals surface area contributed by atoms with Crippen LogP contribution in [0.5, 0.6) is 0 Å². The summed E-state index contributed by atoms with van der Waals surface area (Å²) >= 11 is 0. The Hall–Kier alpha value is -2.96. The molecule has 1 spiro atoms. The summed E-state index contributed by atoms with van der Waals surface area (Å²) in [5.74, 6) is -2.62. The molecule has 0 unspecified atom stereocenters. The van der Waals surface area contributed by atoms with Crippen LogP contribution in [0, 0.1) is 51.8 Å². The van der Waals surface area contributed by atoms with Crippen LogP contribution in [-0.2, 0) is 14.4 Å². The average molecular weight is 520 g/mol. The zero-order valence-electron chi connectivity index (χ0n) is 22.6. The van der Waals surface area contributed by atoms with E-state index in [1.807, 2.05) is 6.92 Å². The monoisotopic (exact) mass is 519 g/mol. The first kappa shape index (κ1) is 25.3. The van der Waals surface area contributed by atoms with Crippen molar-refractivity contribution in [3.8, 4) is 0 Å². The first-order valence-corrected chi connectivity index (χ1v) is 14.0. The van der Waals surface area contributed by atoms with Crippen LogP contribution in [0.3, 0.4) is 0 Å². The summed E-state index contributed by atoms with van der Waals surface area (Å²) in [5, 5.41) is 19.6. The van der Waals surface area contributed by atoms with Crippen molar-refractivity contribution < 1.29 is 29.4 Å². The summed E-state index contributed by atoms with van der Waals surface area (Å²) < 4.78 is 0. The van der Waals surface area contributed by atoms with Gasteiger partial charge in [0.1, 0.15) is 0 Å². The lowest BCUT2D eigenvalue weighted by atomic mass is 9.34. The van der Waals surface area contributed by atoms with Crippen LogP contribution in [0.4, 0.5) is 5.69 Å². The molecule has 202 valence electrons. The molecule has 0 radical (unpaired) electrons. The molecule has 1 aliphatic heterocycles. The maximum Gasteiger partial charge on any atom is 0.335 e. The molecular weight excluding hydrogens is 482 g/mol. The van der Waals surface area contributed by atoms with Crippen molar-refractivity contribution in [1.29, 1.82) is 0 Å². The number of carboxylic acids is 2. The molecule has 38 heavy (non-hydrogen) atoms. The Bertz CT molecular complexity index is 1280. The molecule has 7 rings (SSSR count). The number of carboxylic acid groups (broad SMARTS) is 2. The molecule has 1 aromatic rings. The predicted octanol–water partition coefficient (Wildman–Crippen LogP) is 5.40. The number of amides is 2. The molecule has 0 aromatic heterocycles. The number of imide groups is 1. The minimum Gasteiger partial charge on any atom is -0.481 e. The second-order valence-corrected chi connectivity index (χ2v) is 13.3. The Kier molecular flexibility index (Phi) is 5.35. The van der Waals surface area contributed by atoms with Crippen LogP contribution < -0.4 is 4.90 Å². The van der Waals surface area contributed by atoms with Crippen LogP contribution in [-0.4, -0.2) is 34.0 Å². The fourth-order valence-corrected chi connectivity index (χ4v) is 9.97. The Balaban J connectivity index is 1.46. The first-order valence-electron chi connectivity index (χ1n) is 14.0. The number of nitrogens with zero attached hydrogens (tertiary/aromatic N) is 1. The van der Waals surface area contributed by atoms with E-state index in [2.05, 4.69) is 26.8 Å². The Morgan fingerprint density at radius 1 is 0.974 bits per heavy atom. The summed E-state index contributed by atoms with van der Waals surface area (Å²) in [4.78, 5) is 53.5. The average Bonchev–Trinajstić information content (AvgIpc) is 3.15. The number of anilines is 1. The lowest BCUT2D eigenvalue weighted by Gasteiger charge is -2.68. The molecule has 2 N–H and O–H groups in total. The number of allylic oxidation sites excluding steroid dienone is 2. The molecule has 4 fully saturated rings. The van der Waals surface area contributed by atoms with Crippen molar-refractivity contribution in [2.45, 2.75) is 66.2 Å². The van der Waals surface area contributed by atoms with E-state index in [0.717, 1.165) is 32.1 Å². The number of fused-ring (bicyclic) bond motifs is 1. The third kappa shape index (κ3) is 3.02. The van der Waals surface area contributed by atoms with Gasteiger partial charge in [0.15, 0.2) is 0 Å². The van der Waals surface area contributed by atoms with Crippen molar-refractivity contribution in [3.05, 3.63) is 41.5 Å². The van der Waals surface area contributed by atoms with E-state index in [-0.39, 0.29) is 46.5 Å². The van der Waals surface area contributed by atoms with Gasteiger partial charge in [-0.1, -0.05) is 38.8 Å². The highest BCUT2D eigenvalue weighted by atomic mass is 16.4. The fourth-order valence-electron chi connectivity index (χ4n) is 9.97. The molecule has 1 aromatic carbocycles. The minimum atomic E-state index is -1.05. The van der Waals surface area contributed by atoms with Gasteiger partial charge in [-0.25, -0.2) is 4.79 Å². The van der Waals surface area contributed by atoms with E-state index in [1.54, 1.807) is 12.1 Å². The maximum absolute atomic E-state index is 14.3. The number of hydrogen-bond donors (Lipinski definition) is 2. The number of aromatic carboxylic acids is 1. The highest BCUT2D eigenvalue weighted by Gasteiger charge is 2.73. The van der Waals surface area contributed by atoms with Gasteiger partial charge in [0, 0.05) is 5.41 Å². The molecule has 1 saturated heterocycles. The molecule has 5 aliphatic carbocycles. The normalized spacial score (nSPS) is 41.4. The lowest BCUT2D eigenvalue weighted by molar-refractivity contribution is -0.194. The molecule has 2 amide bonds. The van der Waals surface area contributed by atoms with Crippen molar-refractivity contribution >= 4 is 29.4 Å². The SMILES string of the molecule is CC(C)C1=C[C@]23CC[C@@H]4[C@](C)(CCC[C@@]4(C)C(=O)O)[C@@H]2C[C@@H]1[C@H]1C(=O)N(c2ccc(C(=O)O)cc2)C(=O)[C@@H]13. The molecule has 7 nitrogen and oxygen atoms in total. The highest BCUT2D eigenvalue weighted by Crippen LogP contribution is 2.74. The number of carbonyl (C=O) groups excluding carboxylic acids is 2. The predicted molar refractivity (Wildman–Crippen MR) is 140 cm³/mol. The van der Waals surface area contributed by atoms with Crippen LogP contribution in [0.15, 0.2) is 35.9 Å². The molecule has 3 saturated carbocycles. The number of carbonyl (C=O) groups is 4. The van der Waals surface area contributed by atoms with Crippen LogP contribution >= 0.6 is 0 Å². The molecule has 8 atom stereocenters. The topological polar surface area (TPSA) is 112 Å². The third-order valence-corrected chi connectivity index (χ3v) is 11.5. The van der Waals surface area contributed by atoms with Crippen molar-refractivity contribution in [3.63, 3.8) is 0 Å². The molecular formula is C31H37NO6. The van der Waals surface area contributed by atoms with Crippen LogP contribution in [0.2, 0.25) is 0 Å². The molecule has 2 bridgehead atoms.